The highest BCUT2D eigenvalue weighted by Crippen LogP contribution is 2.33. The van der Waals surface area contributed by atoms with Gasteiger partial charge in [-0.15, -0.1) is 0 Å². The summed E-state index contributed by atoms with van der Waals surface area (Å²) in [7, 11) is 1.59. The molecule has 0 radical (unpaired) electrons. The molecule has 0 atom stereocenters. The van der Waals surface area contributed by atoms with Crippen molar-refractivity contribution >= 4 is 40.0 Å². The van der Waals surface area contributed by atoms with Gasteiger partial charge in [-0.3, -0.25) is 9.59 Å². The van der Waals surface area contributed by atoms with Gasteiger partial charge in [0.1, 0.15) is 29.8 Å². The summed E-state index contributed by atoms with van der Waals surface area (Å²) in [5.41, 5.74) is 2.06. The van der Waals surface area contributed by atoms with Crippen LogP contribution in [0, 0.1) is 18.3 Å². The van der Waals surface area contributed by atoms with Crippen molar-refractivity contribution in [2.45, 2.75) is 13.5 Å². The molecule has 1 saturated heterocycles. The lowest BCUT2D eigenvalue weighted by atomic mass is 10.00. The molecule has 0 aliphatic carbocycles. The molecule has 38 heavy (non-hydrogen) atoms. The van der Waals surface area contributed by atoms with E-state index in [9.17, 15) is 20.0 Å². The summed E-state index contributed by atoms with van der Waals surface area (Å²) < 4.78 is 8.31. The molecule has 4 aromatic rings. The van der Waals surface area contributed by atoms with Crippen molar-refractivity contribution in [1.82, 2.24) is 19.1 Å². The summed E-state index contributed by atoms with van der Waals surface area (Å²) in [5.74, 6) is 0.190. The second-order valence-corrected chi connectivity index (χ2v) is 9.41. The predicted octanol–water partition coefficient (Wildman–Crippen LogP) is 2.81. The zero-order valence-corrected chi connectivity index (χ0v) is 21.5. The van der Waals surface area contributed by atoms with Crippen LogP contribution < -0.4 is 15.8 Å². The third kappa shape index (κ3) is 4.67. The molecule has 0 bridgehead atoms. The molecule has 3 aromatic heterocycles. The van der Waals surface area contributed by atoms with E-state index in [1.165, 1.54) is 23.2 Å². The number of hydrogen-bond acceptors (Lipinski definition) is 8. The number of pyridine rings is 1. The Morgan fingerprint density at radius 1 is 1.26 bits per heavy atom. The number of nitriles is 1. The number of aromatic nitrogens is 4. The number of phenolic OH excluding ortho intramolecular Hbond substituents is 1. The zero-order chi connectivity index (χ0) is 27.0. The zero-order valence-electron chi connectivity index (χ0n) is 20.7. The first-order valence-corrected chi connectivity index (χ1v) is 12.2. The van der Waals surface area contributed by atoms with Crippen LogP contribution in [-0.2, 0) is 23.1 Å². The number of nitrogens with zero attached hydrogens (tertiary/aromatic N) is 6. The standard InChI is InChI=1S/C26H24ClN7O4/c1-15-7-16(8-17(10-28)24(15)36)18-12-34(25-23(18)26(37)32(2)14-30-25)13-22(35)31-20-9-21(29-11-19(20)27)33-3-5-38-6-4-33/h7-9,11-12,14,36H,3-6,13H2,1-2H3,(H,29,31,35). The average Bonchev–Trinajstić information content (AvgIpc) is 3.28. The van der Waals surface area contributed by atoms with Crippen LogP contribution in [0.2, 0.25) is 5.02 Å². The van der Waals surface area contributed by atoms with Gasteiger partial charge < -0.3 is 29.2 Å². The maximum atomic E-state index is 13.1. The molecule has 1 aromatic carbocycles. The number of aromatic hydroxyl groups is 1. The van der Waals surface area contributed by atoms with Crippen molar-refractivity contribution < 1.29 is 14.6 Å². The van der Waals surface area contributed by atoms with E-state index in [4.69, 9.17) is 16.3 Å². The number of phenols is 1. The smallest absolute Gasteiger partial charge is 0.263 e. The molecular weight excluding hydrogens is 510 g/mol. The number of ether oxygens (including phenoxy) is 1. The monoisotopic (exact) mass is 533 g/mol. The lowest BCUT2D eigenvalue weighted by Crippen LogP contribution is -2.36. The maximum Gasteiger partial charge on any atom is 0.263 e. The molecular formula is C26H24ClN7O4. The van der Waals surface area contributed by atoms with Crippen LogP contribution in [0.1, 0.15) is 11.1 Å². The first-order chi connectivity index (χ1) is 18.3. The van der Waals surface area contributed by atoms with E-state index in [1.54, 1.807) is 36.9 Å². The Labute approximate surface area is 222 Å². The first-order valence-electron chi connectivity index (χ1n) is 11.8. The molecule has 0 saturated carbocycles. The Kier molecular flexibility index (Phi) is 6.75. The van der Waals surface area contributed by atoms with Gasteiger partial charge in [0, 0.05) is 38.0 Å². The van der Waals surface area contributed by atoms with Gasteiger partial charge in [0.25, 0.3) is 5.56 Å². The number of amides is 1. The number of carbonyl (C=O) groups excluding carboxylic acids is 1. The summed E-state index contributed by atoms with van der Waals surface area (Å²) in [6, 6.07) is 6.89. The molecule has 5 rings (SSSR count). The third-order valence-corrected chi connectivity index (χ3v) is 6.73. The van der Waals surface area contributed by atoms with E-state index in [1.807, 2.05) is 6.07 Å². The minimum Gasteiger partial charge on any atom is -0.506 e. The number of hydrogen-bond donors (Lipinski definition) is 2. The summed E-state index contributed by atoms with van der Waals surface area (Å²) in [6.45, 7) is 4.09. The van der Waals surface area contributed by atoms with E-state index in [-0.39, 0.29) is 29.3 Å². The quantitative estimate of drug-likeness (QED) is 0.399. The number of carbonyl (C=O) groups is 1. The van der Waals surface area contributed by atoms with E-state index in [0.717, 1.165) is 0 Å². The van der Waals surface area contributed by atoms with Gasteiger partial charge in [-0.1, -0.05) is 11.6 Å². The van der Waals surface area contributed by atoms with Gasteiger partial charge in [0.2, 0.25) is 5.91 Å². The molecule has 4 heterocycles. The topological polar surface area (TPSA) is 138 Å². The van der Waals surface area contributed by atoms with Gasteiger partial charge in [0.05, 0.1) is 47.4 Å². The third-order valence-electron chi connectivity index (χ3n) is 6.43. The molecule has 1 aliphatic heterocycles. The van der Waals surface area contributed by atoms with Gasteiger partial charge >= 0.3 is 0 Å². The summed E-state index contributed by atoms with van der Waals surface area (Å²) in [4.78, 5) is 37.1. The molecule has 1 amide bonds. The Hall–Kier alpha value is -4.40. The Morgan fingerprint density at radius 3 is 2.76 bits per heavy atom. The second-order valence-electron chi connectivity index (χ2n) is 9.00. The minimum atomic E-state index is -0.378. The summed E-state index contributed by atoms with van der Waals surface area (Å²) in [5, 5.41) is 23.1. The molecule has 0 spiro atoms. The second kappa shape index (κ2) is 10.2. The number of aryl methyl sites for hydroxylation is 2. The van der Waals surface area contributed by atoms with Crippen LogP contribution in [0.15, 0.2) is 41.7 Å². The molecule has 1 aliphatic rings. The van der Waals surface area contributed by atoms with Crippen molar-refractivity contribution in [1.29, 1.82) is 5.26 Å². The van der Waals surface area contributed by atoms with Crippen LogP contribution in [0.5, 0.6) is 5.75 Å². The molecule has 12 heteroatoms. The van der Waals surface area contributed by atoms with Crippen LogP contribution in [0.3, 0.4) is 0 Å². The number of morpholine rings is 1. The van der Waals surface area contributed by atoms with Crippen molar-refractivity contribution in [2.75, 3.05) is 36.5 Å². The number of halogens is 1. The van der Waals surface area contributed by atoms with E-state index in [0.29, 0.717) is 70.6 Å². The largest absolute Gasteiger partial charge is 0.506 e. The first kappa shape index (κ1) is 25.3. The number of benzene rings is 1. The SMILES string of the molecule is Cc1cc(-c2cn(CC(=O)Nc3cc(N4CCOCC4)ncc3Cl)c3ncn(C)c(=O)c23)cc(C#N)c1O. The molecule has 194 valence electrons. The molecule has 2 N–H and O–H groups in total. The highest BCUT2D eigenvalue weighted by molar-refractivity contribution is 6.33. The van der Waals surface area contributed by atoms with Crippen molar-refractivity contribution in [2.24, 2.45) is 7.05 Å². The number of rotatable bonds is 5. The molecule has 11 nitrogen and oxygen atoms in total. The van der Waals surface area contributed by atoms with Crippen LogP contribution in [0.25, 0.3) is 22.2 Å². The summed E-state index contributed by atoms with van der Waals surface area (Å²) in [6.07, 6.45) is 4.54. The fourth-order valence-corrected chi connectivity index (χ4v) is 4.61. The lowest BCUT2D eigenvalue weighted by Gasteiger charge is -2.28. The van der Waals surface area contributed by atoms with Crippen molar-refractivity contribution in [3.63, 3.8) is 0 Å². The number of fused-ring (bicyclic) bond motifs is 1. The minimum absolute atomic E-state index is 0.0859. The fraction of sp³-hybridized carbons (Fsp3) is 0.269. The predicted molar refractivity (Wildman–Crippen MR) is 142 cm³/mol. The normalized spacial score (nSPS) is 13.5. The van der Waals surface area contributed by atoms with E-state index in [2.05, 4.69) is 20.2 Å². The van der Waals surface area contributed by atoms with Crippen LogP contribution in [-0.4, -0.2) is 56.4 Å². The van der Waals surface area contributed by atoms with Crippen molar-refractivity contribution in [3.05, 3.63) is 63.4 Å². The van der Waals surface area contributed by atoms with E-state index < -0.39 is 0 Å². The van der Waals surface area contributed by atoms with E-state index >= 15 is 0 Å². The highest BCUT2D eigenvalue weighted by atomic mass is 35.5. The van der Waals surface area contributed by atoms with Gasteiger partial charge in [-0.05, 0) is 30.2 Å². The average molecular weight is 534 g/mol. The van der Waals surface area contributed by atoms with Gasteiger partial charge in [-0.2, -0.15) is 5.26 Å². The number of anilines is 2. The van der Waals surface area contributed by atoms with Gasteiger partial charge in [0.15, 0.2) is 0 Å². The summed E-state index contributed by atoms with van der Waals surface area (Å²) >= 11 is 6.33. The van der Waals surface area contributed by atoms with Crippen molar-refractivity contribution in [3.8, 4) is 22.9 Å². The van der Waals surface area contributed by atoms with Crippen LogP contribution >= 0.6 is 11.6 Å². The highest BCUT2D eigenvalue weighted by Gasteiger charge is 2.20. The molecule has 0 unspecified atom stereocenters. The maximum absolute atomic E-state index is 13.1. The Morgan fingerprint density at radius 2 is 2.03 bits per heavy atom. The molecule has 1 fully saturated rings. The van der Waals surface area contributed by atoms with Crippen LogP contribution in [0.4, 0.5) is 11.5 Å². The Balaban J connectivity index is 1.50. The Bertz CT molecular complexity index is 1670. The fourth-order valence-electron chi connectivity index (χ4n) is 4.46. The van der Waals surface area contributed by atoms with Gasteiger partial charge in [-0.25, -0.2) is 9.97 Å². The number of nitrogens with one attached hydrogen (secondary N) is 1. The lowest BCUT2D eigenvalue weighted by molar-refractivity contribution is -0.116.